The smallest absolute Gasteiger partial charge is 0.0208 e. The summed E-state index contributed by atoms with van der Waals surface area (Å²) in [7, 11) is 0. The molecule has 0 saturated heterocycles. The first-order chi connectivity index (χ1) is 7.42. The van der Waals surface area contributed by atoms with Gasteiger partial charge in [0.15, 0.2) is 0 Å². The molecule has 0 aromatic heterocycles. The minimum Gasteiger partial charge on any atom is -0.310 e. The second-order valence-corrected chi connectivity index (χ2v) is 4.97. The predicted molar refractivity (Wildman–Crippen MR) is 62.9 cm³/mol. The van der Waals surface area contributed by atoms with E-state index in [0.29, 0.717) is 0 Å². The quantitative estimate of drug-likeness (QED) is 0.793. The Balaban J connectivity index is 1.64. The van der Waals surface area contributed by atoms with Gasteiger partial charge >= 0.3 is 0 Å². The van der Waals surface area contributed by atoms with E-state index in [1.54, 1.807) is 11.1 Å². The minimum atomic E-state index is 0.804. The van der Waals surface area contributed by atoms with Crippen LogP contribution in [0.15, 0.2) is 18.2 Å². The molecule has 1 nitrogen and oxygen atoms in total. The van der Waals surface area contributed by atoms with Crippen molar-refractivity contribution in [3.8, 4) is 0 Å². The standard InChI is InChI=1S/C14H19N/c1-3-12-8-7-11(9-13(12)4-1)10-15-14-5-2-6-14/h7-9,14-15H,1-6,10H2. The Kier molecular flexibility index (Phi) is 2.49. The summed E-state index contributed by atoms with van der Waals surface area (Å²) in [6, 6.07) is 7.85. The molecule has 0 radical (unpaired) electrons. The van der Waals surface area contributed by atoms with E-state index in [1.165, 1.54) is 44.1 Å². The summed E-state index contributed by atoms with van der Waals surface area (Å²) in [6.45, 7) is 1.07. The highest BCUT2D eigenvalue weighted by atomic mass is 14.9. The lowest BCUT2D eigenvalue weighted by molar-refractivity contribution is 0.338. The molecule has 1 aromatic rings. The van der Waals surface area contributed by atoms with Gasteiger partial charge in [-0.25, -0.2) is 0 Å². The monoisotopic (exact) mass is 201 g/mol. The van der Waals surface area contributed by atoms with E-state index in [-0.39, 0.29) is 0 Å². The molecule has 0 aliphatic heterocycles. The Morgan fingerprint density at radius 3 is 2.73 bits per heavy atom. The largest absolute Gasteiger partial charge is 0.310 e. The third kappa shape index (κ3) is 1.93. The van der Waals surface area contributed by atoms with Gasteiger partial charge in [0.25, 0.3) is 0 Å². The zero-order chi connectivity index (χ0) is 10.1. The summed E-state index contributed by atoms with van der Waals surface area (Å²) in [5, 5.41) is 3.63. The van der Waals surface area contributed by atoms with Crippen LogP contribution >= 0.6 is 0 Å². The number of nitrogens with one attached hydrogen (secondary N) is 1. The van der Waals surface area contributed by atoms with E-state index in [2.05, 4.69) is 23.5 Å². The lowest BCUT2D eigenvalue weighted by atomic mass is 9.93. The third-order valence-corrected chi connectivity index (χ3v) is 3.86. The fourth-order valence-electron chi connectivity index (χ4n) is 2.61. The highest BCUT2D eigenvalue weighted by molar-refractivity contribution is 5.35. The third-order valence-electron chi connectivity index (χ3n) is 3.86. The van der Waals surface area contributed by atoms with Gasteiger partial charge in [-0.3, -0.25) is 0 Å². The van der Waals surface area contributed by atoms with Gasteiger partial charge in [0.05, 0.1) is 0 Å². The van der Waals surface area contributed by atoms with Crippen LogP contribution < -0.4 is 5.32 Å². The van der Waals surface area contributed by atoms with Gasteiger partial charge in [0.2, 0.25) is 0 Å². The highest BCUT2D eigenvalue weighted by Crippen LogP contribution is 2.23. The molecule has 80 valence electrons. The zero-order valence-electron chi connectivity index (χ0n) is 9.26. The zero-order valence-corrected chi connectivity index (χ0v) is 9.26. The maximum atomic E-state index is 3.63. The van der Waals surface area contributed by atoms with Crippen LogP contribution in [0.2, 0.25) is 0 Å². The molecule has 0 unspecified atom stereocenters. The maximum absolute atomic E-state index is 3.63. The topological polar surface area (TPSA) is 12.0 Å². The number of aryl methyl sites for hydroxylation is 2. The molecular formula is C14H19N. The molecule has 0 spiro atoms. The van der Waals surface area contributed by atoms with Gasteiger partial charge in [-0.05, 0) is 48.8 Å². The van der Waals surface area contributed by atoms with Crippen LogP contribution in [0.25, 0.3) is 0 Å². The molecule has 2 aliphatic carbocycles. The summed E-state index contributed by atoms with van der Waals surface area (Å²) in [6.07, 6.45) is 8.13. The lowest BCUT2D eigenvalue weighted by Crippen LogP contribution is -2.34. The first-order valence-corrected chi connectivity index (χ1v) is 6.26. The van der Waals surface area contributed by atoms with Crippen LogP contribution in [-0.2, 0) is 19.4 Å². The van der Waals surface area contributed by atoms with Crippen molar-refractivity contribution in [3.05, 3.63) is 34.9 Å². The number of fused-ring (bicyclic) bond motifs is 1. The minimum absolute atomic E-state index is 0.804. The molecule has 0 amide bonds. The van der Waals surface area contributed by atoms with Crippen molar-refractivity contribution in [1.82, 2.24) is 5.32 Å². The van der Waals surface area contributed by atoms with Gasteiger partial charge in [0.1, 0.15) is 0 Å². The number of hydrogen-bond acceptors (Lipinski definition) is 1. The molecule has 1 aromatic carbocycles. The van der Waals surface area contributed by atoms with E-state index in [1.807, 2.05) is 0 Å². The summed E-state index contributed by atoms with van der Waals surface area (Å²) in [4.78, 5) is 0. The Labute approximate surface area is 91.9 Å². The highest BCUT2D eigenvalue weighted by Gasteiger charge is 2.16. The van der Waals surface area contributed by atoms with Gasteiger partial charge in [-0.15, -0.1) is 0 Å². The average molecular weight is 201 g/mol. The number of rotatable bonds is 3. The van der Waals surface area contributed by atoms with Crippen LogP contribution in [0, 0.1) is 0 Å². The fraction of sp³-hybridized carbons (Fsp3) is 0.571. The molecule has 3 rings (SSSR count). The maximum Gasteiger partial charge on any atom is 0.0208 e. The fourth-order valence-corrected chi connectivity index (χ4v) is 2.61. The van der Waals surface area contributed by atoms with E-state index >= 15 is 0 Å². The first kappa shape index (κ1) is 9.41. The van der Waals surface area contributed by atoms with Crippen molar-refractivity contribution in [1.29, 1.82) is 0 Å². The summed E-state index contributed by atoms with van der Waals surface area (Å²) < 4.78 is 0. The van der Waals surface area contributed by atoms with Crippen molar-refractivity contribution < 1.29 is 0 Å². The number of hydrogen-bond donors (Lipinski definition) is 1. The van der Waals surface area contributed by atoms with Crippen molar-refractivity contribution in [3.63, 3.8) is 0 Å². The van der Waals surface area contributed by atoms with E-state index < -0.39 is 0 Å². The Morgan fingerprint density at radius 2 is 1.93 bits per heavy atom. The van der Waals surface area contributed by atoms with Gasteiger partial charge in [-0.2, -0.15) is 0 Å². The summed E-state index contributed by atoms with van der Waals surface area (Å²) in [5.41, 5.74) is 4.66. The first-order valence-electron chi connectivity index (χ1n) is 6.26. The molecule has 0 atom stereocenters. The number of benzene rings is 1. The van der Waals surface area contributed by atoms with Crippen LogP contribution in [0.3, 0.4) is 0 Å². The van der Waals surface area contributed by atoms with Crippen molar-refractivity contribution in [2.45, 2.75) is 51.1 Å². The van der Waals surface area contributed by atoms with Crippen LogP contribution in [-0.4, -0.2) is 6.04 Å². The molecule has 1 N–H and O–H groups in total. The lowest BCUT2D eigenvalue weighted by Gasteiger charge is -2.26. The summed E-state index contributed by atoms with van der Waals surface area (Å²) in [5.74, 6) is 0. The Morgan fingerprint density at radius 1 is 1.07 bits per heavy atom. The van der Waals surface area contributed by atoms with Crippen LogP contribution in [0.4, 0.5) is 0 Å². The van der Waals surface area contributed by atoms with Crippen LogP contribution in [0.5, 0.6) is 0 Å². The molecule has 1 heteroatoms. The SMILES string of the molecule is c1cc2c(cc1CNC1CCC1)CCC2. The molecule has 0 bridgehead atoms. The van der Waals surface area contributed by atoms with E-state index in [9.17, 15) is 0 Å². The van der Waals surface area contributed by atoms with Crippen molar-refractivity contribution in [2.24, 2.45) is 0 Å². The normalized spacial score (nSPS) is 20.0. The Bertz CT molecular complexity index is 352. The molecule has 15 heavy (non-hydrogen) atoms. The molecule has 1 saturated carbocycles. The van der Waals surface area contributed by atoms with Crippen molar-refractivity contribution in [2.75, 3.05) is 0 Å². The van der Waals surface area contributed by atoms with Gasteiger partial charge < -0.3 is 5.32 Å². The molecule has 1 fully saturated rings. The summed E-state index contributed by atoms with van der Waals surface area (Å²) >= 11 is 0. The van der Waals surface area contributed by atoms with E-state index in [4.69, 9.17) is 0 Å². The second kappa shape index (κ2) is 3.97. The van der Waals surface area contributed by atoms with Gasteiger partial charge in [-0.1, -0.05) is 24.6 Å². The van der Waals surface area contributed by atoms with Gasteiger partial charge in [0, 0.05) is 12.6 Å². The average Bonchev–Trinajstić information content (AvgIpc) is 2.62. The second-order valence-electron chi connectivity index (χ2n) is 4.97. The van der Waals surface area contributed by atoms with Crippen molar-refractivity contribution >= 4 is 0 Å². The molecule has 0 heterocycles. The Hall–Kier alpha value is -0.820. The van der Waals surface area contributed by atoms with E-state index in [0.717, 1.165) is 12.6 Å². The molecular weight excluding hydrogens is 182 g/mol. The predicted octanol–water partition coefficient (Wildman–Crippen LogP) is 2.82. The van der Waals surface area contributed by atoms with Crippen LogP contribution in [0.1, 0.15) is 42.4 Å². The molecule has 2 aliphatic rings.